The second-order valence-electron chi connectivity index (χ2n) is 4.89. The van der Waals surface area contributed by atoms with E-state index >= 15 is 0 Å². The minimum absolute atomic E-state index is 0.153. The van der Waals surface area contributed by atoms with Crippen LogP contribution in [0.25, 0.3) is 11.1 Å². The zero-order chi connectivity index (χ0) is 17.7. The summed E-state index contributed by atoms with van der Waals surface area (Å²) in [7, 11) is 0. The molecule has 0 atom stereocenters. The molecule has 2 aromatic carbocycles. The predicted molar refractivity (Wildman–Crippen MR) is 93.5 cm³/mol. The molecule has 8 heteroatoms. The van der Waals surface area contributed by atoms with Gasteiger partial charge in [0.25, 0.3) is 10.5 Å². The maximum Gasteiger partial charge on any atom is 0.252 e. The van der Waals surface area contributed by atoms with Crippen LogP contribution in [0.5, 0.6) is 0 Å². The molecule has 0 aromatic heterocycles. The molecule has 24 heavy (non-hydrogen) atoms. The van der Waals surface area contributed by atoms with Gasteiger partial charge in [-0.3, -0.25) is 18.2 Å². The van der Waals surface area contributed by atoms with E-state index in [0.717, 1.165) is 11.1 Å². The molecule has 0 aliphatic heterocycles. The molecule has 2 rings (SSSR count). The summed E-state index contributed by atoms with van der Waals surface area (Å²) in [6.07, 6.45) is 0. The van der Waals surface area contributed by atoms with Crippen LogP contribution < -0.4 is 0 Å². The molecule has 0 saturated heterocycles. The Balaban J connectivity index is 2.60. The van der Waals surface area contributed by atoms with Crippen LogP contribution in [0.4, 0.5) is 0 Å². The van der Waals surface area contributed by atoms with E-state index in [2.05, 4.69) is 8.58 Å². The van der Waals surface area contributed by atoms with E-state index in [1.807, 2.05) is 0 Å². The summed E-state index contributed by atoms with van der Waals surface area (Å²) in [4.78, 5) is 23.0. The molecule has 2 aromatic rings. The maximum absolute atomic E-state index is 11.5. The van der Waals surface area contributed by atoms with Crippen LogP contribution in [0, 0.1) is 0 Å². The SMILES string of the molecule is O=C(Cl)c1cc(C(=O)Cl)cc(-c2cc(COCl)cc(COCl)c2)c1. The van der Waals surface area contributed by atoms with Gasteiger partial charge in [0, 0.05) is 11.1 Å². The highest BCUT2D eigenvalue weighted by atomic mass is 35.5. The van der Waals surface area contributed by atoms with E-state index in [1.165, 1.54) is 6.07 Å². The average Bonchev–Trinajstić information content (AvgIpc) is 2.54. The van der Waals surface area contributed by atoms with Crippen molar-refractivity contribution in [2.24, 2.45) is 0 Å². The van der Waals surface area contributed by atoms with E-state index in [4.69, 9.17) is 46.9 Å². The minimum atomic E-state index is -0.694. The van der Waals surface area contributed by atoms with Gasteiger partial charge in [-0.2, -0.15) is 0 Å². The third-order valence-corrected chi connectivity index (χ3v) is 3.87. The van der Waals surface area contributed by atoms with Gasteiger partial charge in [0.2, 0.25) is 0 Å². The van der Waals surface area contributed by atoms with E-state index in [1.54, 1.807) is 30.3 Å². The Morgan fingerprint density at radius 3 is 1.50 bits per heavy atom. The lowest BCUT2D eigenvalue weighted by Gasteiger charge is -2.10. The van der Waals surface area contributed by atoms with Crippen molar-refractivity contribution in [3.63, 3.8) is 0 Å². The fourth-order valence-electron chi connectivity index (χ4n) is 2.24. The van der Waals surface area contributed by atoms with Crippen LogP contribution >= 0.6 is 46.9 Å². The number of hydrogen-bond acceptors (Lipinski definition) is 4. The quantitative estimate of drug-likeness (QED) is 0.572. The Labute approximate surface area is 158 Å². The maximum atomic E-state index is 11.5. The first-order chi connectivity index (χ1) is 11.4. The van der Waals surface area contributed by atoms with Crippen LogP contribution in [0.15, 0.2) is 36.4 Å². The Bertz CT molecular complexity index is 720. The van der Waals surface area contributed by atoms with Crippen LogP contribution in [0.1, 0.15) is 31.8 Å². The molecule has 0 N–H and O–H groups in total. The first-order valence-electron chi connectivity index (χ1n) is 6.59. The number of rotatable bonds is 7. The van der Waals surface area contributed by atoms with Crippen molar-refractivity contribution in [3.05, 3.63) is 58.7 Å². The molecule has 0 heterocycles. The predicted octanol–water partition coefficient (Wildman–Crippen LogP) is 5.45. The summed E-state index contributed by atoms with van der Waals surface area (Å²) in [5.41, 5.74) is 3.11. The van der Waals surface area contributed by atoms with Gasteiger partial charge < -0.3 is 0 Å². The number of carbonyl (C=O) groups excluding carboxylic acids is 2. The molecule has 4 nitrogen and oxygen atoms in total. The highest BCUT2D eigenvalue weighted by molar-refractivity contribution is 6.69. The van der Waals surface area contributed by atoms with Crippen molar-refractivity contribution in [1.82, 2.24) is 0 Å². The summed E-state index contributed by atoms with van der Waals surface area (Å²) in [6, 6.07) is 9.84. The molecule has 0 aliphatic rings. The van der Waals surface area contributed by atoms with Gasteiger partial charge in [0.1, 0.15) is 0 Å². The third-order valence-electron chi connectivity index (χ3n) is 3.22. The first kappa shape index (κ1) is 19.2. The summed E-state index contributed by atoms with van der Waals surface area (Å²) in [6.45, 7) is 0.306. The molecule has 126 valence electrons. The Morgan fingerprint density at radius 1 is 0.708 bits per heavy atom. The van der Waals surface area contributed by atoms with Crippen LogP contribution in [0.3, 0.4) is 0 Å². The lowest BCUT2D eigenvalue weighted by molar-refractivity contribution is 0.108. The smallest absolute Gasteiger partial charge is 0.252 e. The summed E-state index contributed by atoms with van der Waals surface area (Å²) in [5.74, 6) is 0. The molecular formula is C16H10Cl4O4. The molecular weight excluding hydrogens is 398 g/mol. The Morgan fingerprint density at radius 2 is 1.12 bits per heavy atom. The van der Waals surface area contributed by atoms with Gasteiger partial charge in [-0.05, 0) is 75.8 Å². The van der Waals surface area contributed by atoms with Crippen molar-refractivity contribution in [3.8, 4) is 11.1 Å². The van der Waals surface area contributed by atoms with Gasteiger partial charge in [0.15, 0.2) is 0 Å². The zero-order valence-corrected chi connectivity index (χ0v) is 15.0. The lowest BCUT2D eigenvalue weighted by atomic mass is 9.97. The molecule has 0 unspecified atom stereocenters. The molecule has 0 aliphatic carbocycles. The van der Waals surface area contributed by atoms with Gasteiger partial charge in [-0.15, -0.1) is 0 Å². The molecule has 0 radical (unpaired) electrons. The van der Waals surface area contributed by atoms with E-state index in [-0.39, 0.29) is 24.3 Å². The number of carbonyl (C=O) groups is 2. The molecule has 0 saturated carbocycles. The van der Waals surface area contributed by atoms with Crippen molar-refractivity contribution in [1.29, 1.82) is 0 Å². The van der Waals surface area contributed by atoms with Gasteiger partial charge in [0.05, 0.1) is 36.9 Å². The highest BCUT2D eigenvalue weighted by Gasteiger charge is 2.13. The summed E-state index contributed by atoms with van der Waals surface area (Å²) in [5, 5.41) is -1.39. The van der Waals surface area contributed by atoms with Crippen molar-refractivity contribution < 1.29 is 18.2 Å². The summed E-state index contributed by atoms with van der Waals surface area (Å²) < 4.78 is 9.25. The Hall–Kier alpha value is -1.14. The largest absolute Gasteiger partial charge is 0.276 e. The second kappa shape index (κ2) is 8.81. The number of benzene rings is 2. The lowest BCUT2D eigenvalue weighted by Crippen LogP contribution is -1.98. The molecule has 0 spiro atoms. The highest BCUT2D eigenvalue weighted by Crippen LogP contribution is 2.27. The fraction of sp³-hybridized carbons (Fsp3) is 0.125. The zero-order valence-electron chi connectivity index (χ0n) is 12.0. The topological polar surface area (TPSA) is 52.6 Å². The third kappa shape index (κ3) is 4.93. The molecule has 0 fully saturated rings. The molecule has 0 bridgehead atoms. The van der Waals surface area contributed by atoms with Crippen molar-refractivity contribution >= 4 is 57.4 Å². The van der Waals surface area contributed by atoms with E-state index in [9.17, 15) is 9.59 Å². The van der Waals surface area contributed by atoms with Crippen LogP contribution in [-0.2, 0) is 21.8 Å². The van der Waals surface area contributed by atoms with E-state index < -0.39 is 10.5 Å². The van der Waals surface area contributed by atoms with E-state index in [0.29, 0.717) is 11.1 Å². The number of hydrogen-bond donors (Lipinski definition) is 0. The van der Waals surface area contributed by atoms with Gasteiger partial charge in [-0.25, -0.2) is 0 Å². The van der Waals surface area contributed by atoms with Gasteiger partial charge >= 0.3 is 0 Å². The average molecular weight is 408 g/mol. The second-order valence-corrected chi connectivity index (χ2v) is 6.01. The van der Waals surface area contributed by atoms with Crippen LogP contribution in [0.2, 0.25) is 0 Å². The summed E-state index contributed by atoms with van der Waals surface area (Å²) >= 11 is 21.7. The Kier molecular flexibility index (Phi) is 7.04. The standard InChI is InChI=1S/C16H10Cl4O4/c17-15(21)13-4-12(5-14(6-13)16(18)22)11-2-9(7-23-19)1-10(3-11)8-24-20/h1-6H,7-8H2. The van der Waals surface area contributed by atoms with Gasteiger partial charge in [-0.1, -0.05) is 6.07 Å². The fourth-order valence-corrected chi connectivity index (χ4v) is 2.71. The van der Waals surface area contributed by atoms with Crippen molar-refractivity contribution in [2.75, 3.05) is 0 Å². The van der Waals surface area contributed by atoms with Crippen molar-refractivity contribution in [2.45, 2.75) is 13.2 Å². The first-order valence-corrected chi connectivity index (χ1v) is 7.97. The number of halogens is 4. The molecule has 0 amide bonds. The van der Waals surface area contributed by atoms with Crippen LogP contribution in [-0.4, -0.2) is 10.5 Å². The monoisotopic (exact) mass is 406 g/mol. The minimum Gasteiger partial charge on any atom is -0.276 e. The normalized spacial score (nSPS) is 10.7.